The number of sulfonamides is 1. The molecule has 0 aliphatic carbocycles. The Bertz CT molecular complexity index is 371. The average molecular weight is 279 g/mol. The summed E-state index contributed by atoms with van der Waals surface area (Å²) in [5.74, 6) is -0.131. The monoisotopic (exact) mass is 279 g/mol. The van der Waals surface area contributed by atoms with Crippen LogP contribution < -0.4 is 15.4 Å². The maximum Gasteiger partial charge on any atom is 0.239 e. The fraction of sp³-hybridized carbons (Fsp3) is 0.900. The lowest BCUT2D eigenvalue weighted by Crippen LogP contribution is -2.56. The molecule has 106 valence electrons. The fourth-order valence-electron chi connectivity index (χ4n) is 1.63. The van der Waals surface area contributed by atoms with Gasteiger partial charge in [-0.15, -0.1) is 0 Å². The first-order chi connectivity index (χ1) is 8.46. The highest BCUT2D eigenvalue weighted by Gasteiger charge is 2.27. The largest absolute Gasteiger partial charge is 0.375 e. The molecule has 3 N–H and O–H groups in total. The molecule has 8 heteroatoms. The highest BCUT2D eigenvalue weighted by molar-refractivity contribution is 7.89. The topological polar surface area (TPSA) is 96.5 Å². The number of morpholine rings is 1. The third kappa shape index (κ3) is 4.89. The number of amides is 1. The molecule has 0 radical (unpaired) electrons. The van der Waals surface area contributed by atoms with Gasteiger partial charge in [-0.3, -0.25) is 4.79 Å². The van der Waals surface area contributed by atoms with Gasteiger partial charge in [0, 0.05) is 19.6 Å². The Morgan fingerprint density at radius 2 is 2.17 bits per heavy atom. The van der Waals surface area contributed by atoms with Crippen LogP contribution in [0.4, 0.5) is 0 Å². The molecule has 2 atom stereocenters. The minimum atomic E-state index is -3.19. The zero-order valence-corrected chi connectivity index (χ0v) is 11.5. The molecule has 1 aliphatic rings. The molecule has 1 fully saturated rings. The summed E-state index contributed by atoms with van der Waals surface area (Å²) in [6.45, 7) is 5.10. The van der Waals surface area contributed by atoms with E-state index >= 15 is 0 Å². The lowest BCUT2D eigenvalue weighted by Gasteiger charge is -2.29. The van der Waals surface area contributed by atoms with Crippen molar-refractivity contribution in [2.75, 3.05) is 32.0 Å². The van der Waals surface area contributed by atoms with Gasteiger partial charge in [-0.1, -0.05) is 0 Å². The van der Waals surface area contributed by atoms with Crippen molar-refractivity contribution < 1.29 is 17.9 Å². The molecule has 18 heavy (non-hydrogen) atoms. The van der Waals surface area contributed by atoms with Gasteiger partial charge in [0.25, 0.3) is 0 Å². The number of ether oxygens (including phenoxy) is 1. The molecule has 1 saturated heterocycles. The van der Waals surface area contributed by atoms with Crippen LogP contribution in [0.25, 0.3) is 0 Å². The molecular weight excluding hydrogens is 258 g/mol. The maximum absolute atomic E-state index is 11.8. The van der Waals surface area contributed by atoms with E-state index in [2.05, 4.69) is 15.4 Å². The van der Waals surface area contributed by atoms with Crippen LogP contribution >= 0.6 is 0 Å². The Hall–Kier alpha value is -0.700. The van der Waals surface area contributed by atoms with Crippen molar-refractivity contribution in [1.29, 1.82) is 0 Å². The van der Waals surface area contributed by atoms with Crippen LogP contribution in [0.5, 0.6) is 0 Å². The van der Waals surface area contributed by atoms with Gasteiger partial charge >= 0.3 is 0 Å². The Balaban J connectivity index is 2.25. The Morgan fingerprint density at radius 1 is 1.44 bits per heavy atom. The van der Waals surface area contributed by atoms with Crippen LogP contribution in [0.15, 0.2) is 0 Å². The molecule has 7 nitrogen and oxygen atoms in total. The van der Waals surface area contributed by atoms with Gasteiger partial charge in [0.15, 0.2) is 0 Å². The second-order valence-corrected chi connectivity index (χ2v) is 6.19. The third-order valence-electron chi connectivity index (χ3n) is 2.73. The predicted molar refractivity (Wildman–Crippen MR) is 67.7 cm³/mol. The maximum atomic E-state index is 11.8. The van der Waals surface area contributed by atoms with Crippen molar-refractivity contribution in [3.05, 3.63) is 0 Å². The lowest BCUT2D eigenvalue weighted by atomic mass is 10.1. The SMILES string of the molecule is CCS(=O)(=O)NCCNC(=O)[C@H]1NCCO[C@@H]1C. The predicted octanol–water partition coefficient (Wildman–Crippen LogP) is -1.58. The Labute approximate surface area is 108 Å². The second-order valence-electron chi connectivity index (χ2n) is 4.10. The van der Waals surface area contributed by atoms with E-state index in [0.717, 1.165) is 0 Å². The normalized spacial score (nSPS) is 24.8. The van der Waals surface area contributed by atoms with Crippen LogP contribution in [0.3, 0.4) is 0 Å². The lowest BCUT2D eigenvalue weighted by molar-refractivity contribution is -0.128. The number of carbonyl (C=O) groups excluding carboxylic acids is 1. The first-order valence-corrected chi connectivity index (χ1v) is 7.71. The van der Waals surface area contributed by atoms with Crippen molar-refractivity contribution >= 4 is 15.9 Å². The van der Waals surface area contributed by atoms with E-state index in [-0.39, 0.29) is 36.9 Å². The standard InChI is InChI=1S/C10H21N3O4S/c1-3-18(15,16)13-5-4-12-10(14)9-8(2)17-7-6-11-9/h8-9,11,13H,3-7H2,1-2H3,(H,12,14)/t8-,9+/m1/s1. The van der Waals surface area contributed by atoms with Crippen molar-refractivity contribution in [2.45, 2.75) is 26.0 Å². The van der Waals surface area contributed by atoms with Crippen molar-refractivity contribution in [3.63, 3.8) is 0 Å². The van der Waals surface area contributed by atoms with E-state index in [1.165, 1.54) is 0 Å². The molecule has 1 rings (SSSR count). The molecule has 1 amide bonds. The number of nitrogens with one attached hydrogen (secondary N) is 3. The molecule has 1 heterocycles. The first-order valence-electron chi connectivity index (χ1n) is 6.06. The molecule has 0 aromatic heterocycles. The first kappa shape index (κ1) is 15.4. The average Bonchev–Trinajstić information content (AvgIpc) is 2.35. The van der Waals surface area contributed by atoms with Crippen molar-refractivity contribution in [3.8, 4) is 0 Å². The van der Waals surface area contributed by atoms with E-state index in [0.29, 0.717) is 13.2 Å². The van der Waals surface area contributed by atoms with Gasteiger partial charge in [-0.2, -0.15) is 0 Å². The molecule has 0 saturated carbocycles. The van der Waals surface area contributed by atoms with Crippen LogP contribution in [-0.4, -0.2) is 58.5 Å². The van der Waals surface area contributed by atoms with Gasteiger partial charge in [-0.05, 0) is 13.8 Å². The van der Waals surface area contributed by atoms with Crippen LogP contribution in [0.1, 0.15) is 13.8 Å². The summed E-state index contributed by atoms with van der Waals surface area (Å²) in [7, 11) is -3.19. The summed E-state index contributed by atoms with van der Waals surface area (Å²) in [6, 6.07) is -0.374. The van der Waals surface area contributed by atoms with E-state index < -0.39 is 10.0 Å². The summed E-state index contributed by atoms with van der Waals surface area (Å²) in [5, 5.41) is 5.73. The van der Waals surface area contributed by atoms with Gasteiger partial charge in [0.05, 0.1) is 18.5 Å². The summed E-state index contributed by atoms with van der Waals surface area (Å²) in [4.78, 5) is 11.8. The number of carbonyl (C=O) groups is 1. The fourth-order valence-corrected chi connectivity index (χ4v) is 2.25. The Kier molecular flexibility index (Phi) is 6.00. The zero-order valence-electron chi connectivity index (χ0n) is 10.7. The van der Waals surface area contributed by atoms with Gasteiger partial charge in [0.1, 0.15) is 6.04 Å². The van der Waals surface area contributed by atoms with Gasteiger partial charge < -0.3 is 15.4 Å². The van der Waals surface area contributed by atoms with E-state index in [9.17, 15) is 13.2 Å². The highest BCUT2D eigenvalue weighted by Crippen LogP contribution is 2.03. The van der Waals surface area contributed by atoms with E-state index in [4.69, 9.17) is 4.74 Å². The zero-order chi connectivity index (χ0) is 13.6. The third-order valence-corrected chi connectivity index (χ3v) is 4.13. The molecule has 0 aromatic rings. The second kappa shape index (κ2) is 7.03. The minimum Gasteiger partial charge on any atom is -0.375 e. The van der Waals surface area contributed by atoms with Crippen molar-refractivity contribution in [1.82, 2.24) is 15.4 Å². The molecular formula is C10H21N3O4S. The summed E-state index contributed by atoms with van der Waals surface area (Å²) in [5.41, 5.74) is 0. The van der Waals surface area contributed by atoms with Crippen LogP contribution in [-0.2, 0) is 19.6 Å². The van der Waals surface area contributed by atoms with Crippen LogP contribution in [0, 0.1) is 0 Å². The molecule has 1 aliphatic heterocycles. The van der Waals surface area contributed by atoms with E-state index in [1.807, 2.05) is 6.92 Å². The number of hydrogen-bond donors (Lipinski definition) is 3. The summed E-state index contributed by atoms with van der Waals surface area (Å²) in [6.07, 6.45) is -0.175. The molecule has 0 aromatic carbocycles. The number of hydrogen-bond acceptors (Lipinski definition) is 5. The highest BCUT2D eigenvalue weighted by atomic mass is 32.2. The molecule has 0 bridgehead atoms. The summed E-state index contributed by atoms with van der Waals surface area (Å²) < 4.78 is 30.0. The Morgan fingerprint density at radius 3 is 2.78 bits per heavy atom. The molecule has 0 unspecified atom stereocenters. The minimum absolute atomic E-state index is 0.0377. The van der Waals surface area contributed by atoms with Crippen LogP contribution in [0.2, 0.25) is 0 Å². The summed E-state index contributed by atoms with van der Waals surface area (Å²) >= 11 is 0. The molecule has 0 spiro atoms. The van der Waals surface area contributed by atoms with Crippen molar-refractivity contribution in [2.24, 2.45) is 0 Å². The van der Waals surface area contributed by atoms with E-state index in [1.54, 1.807) is 6.92 Å². The quantitative estimate of drug-likeness (QED) is 0.510. The van der Waals surface area contributed by atoms with Gasteiger partial charge in [-0.25, -0.2) is 13.1 Å². The number of rotatable bonds is 6. The smallest absolute Gasteiger partial charge is 0.239 e. The van der Waals surface area contributed by atoms with Gasteiger partial charge in [0.2, 0.25) is 15.9 Å².